The average Bonchev–Trinajstić information content (AvgIpc) is 2.73. The van der Waals surface area contributed by atoms with Crippen molar-refractivity contribution in [1.82, 2.24) is 9.78 Å². The highest BCUT2D eigenvalue weighted by Crippen LogP contribution is 2.21. The lowest BCUT2D eigenvalue weighted by molar-refractivity contribution is -0.131. The number of benzene rings is 1. The van der Waals surface area contributed by atoms with Gasteiger partial charge < -0.3 is 5.11 Å². The molecule has 18 heavy (non-hydrogen) atoms. The monoisotopic (exact) mass is 306 g/mol. The fourth-order valence-electron chi connectivity index (χ4n) is 1.58. The third-order valence-corrected chi connectivity index (χ3v) is 2.86. The van der Waals surface area contributed by atoms with Crippen molar-refractivity contribution in [1.29, 1.82) is 0 Å². The molecule has 2 aromatic rings. The molecule has 92 valence electrons. The van der Waals surface area contributed by atoms with Crippen molar-refractivity contribution in [2.45, 2.75) is 6.92 Å². The Morgan fingerprint density at radius 1 is 1.44 bits per heavy atom. The molecule has 0 fully saturated rings. The lowest BCUT2D eigenvalue weighted by atomic mass is 10.1. The van der Waals surface area contributed by atoms with E-state index in [1.807, 2.05) is 37.4 Å². The van der Waals surface area contributed by atoms with Crippen LogP contribution in [0.3, 0.4) is 0 Å². The Kier molecular flexibility index (Phi) is 3.62. The van der Waals surface area contributed by atoms with Gasteiger partial charge in [0.15, 0.2) is 0 Å². The van der Waals surface area contributed by atoms with E-state index in [2.05, 4.69) is 21.0 Å². The molecular formula is C13H11BrN2O2. The van der Waals surface area contributed by atoms with Crippen LogP contribution in [0.25, 0.3) is 11.8 Å². The second-order valence-corrected chi connectivity index (χ2v) is 4.69. The van der Waals surface area contributed by atoms with Crippen molar-refractivity contribution in [2.75, 3.05) is 0 Å². The molecule has 0 saturated carbocycles. The van der Waals surface area contributed by atoms with Crippen LogP contribution in [0.5, 0.6) is 0 Å². The summed E-state index contributed by atoms with van der Waals surface area (Å²) in [5, 5.41) is 13.0. The van der Waals surface area contributed by atoms with Gasteiger partial charge in [-0.3, -0.25) is 0 Å². The predicted molar refractivity (Wildman–Crippen MR) is 72.7 cm³/mol. The normalized spacial score (nSPS) is 11.0. The summed E-state index contributed by atoms with van der Waals surface area (Å²) in [6, 6.07) is 7.53. The Labute approximate surface area is 113 Å². The molecule has 1 aromatic heterocycles. The summed E-state index contributed by atoms with van der Waals surface area (Å²) in [6.07, 6.45) is 4.51. The number of hydrogen-bond donors (Lipinski definition) is 1. The van der Waals surface area contributed by atoms with Crippen LogP contribution in [0.1, 0.15) is 11.3 Å². The van der Waals surface area contributed by atoms with Crippen molar-refractivity contribution in [3.8, 4) is 5.69 Å². The number of aromatic nitrogens is 2. The van der Waals surface area contributed by atoms with Gasteiger partial charge in [-0.1, -0.05) is 15.9 Å². The van der Waals surface area contributed by atoms with Gasteiger partial charge in [-0.2, -0.15) is 5.10 Å². The molecule has 0 bridgehead atoms. The number of carboxylic acid groups (broad SMARTS) is 1. The molecular weight excluding hydrogens is 296 g/mol. The van der Waals surface area contributed by atoms with Crippen LogP contribution < -0.4 is 0 Å². The zero-order chi connectivity index (χ0) is 13.1. The van der Waals surface area contributed by atoms with Crippen LogP contribution >= 0.6 is 15.9 Å². The molecule has 0 aliphatic carbocycles. The van der Waals surface area contributed by atoms with Gasteiger partial charge in [-0.25, -0.2) is 9.48 Å². The van der Waals surface area contributed by atoms with Gasteiger partial charge in [0.25, 0.3) is 0 Å². The summed E-state index contributed by atoms with van der Waals surface area (Å²) in [5.41, 5.74) is 2.53. The topological polar surface area (TPSA) is 55.1 Å². The largest absolute Gasteiger partial charge is 0.478 e. The van der Waals surface area contributed by atoms with Crippen LogP contribution in [0.2, 0.25) is 0 Å². The number of hydrogen-bond acceptors (Lipinski definition) is 2. The molecule has 1 aromatic carbocycles. The number of aryl methyl sites for hydroxylation is 1. The SMILES string of the molecule is Cc1ccn(-c2ccc(Br)cc2/C=C/C(=O)O)n1. The first-order chi connectivity index (χ1) is 8.56. The number of nitrogens with zero attached hydrogens (tertiary/aromatic N) is 2. The number of halogens is 1. The summed E-state index contributed by atoms with van der Waals surface area (Å²) in [7, 11) is 0. The molecule has 2 rings (SSSR count). The minimum Gasteiger partial charge on any atom is -0.478 e. The summed E-state index contributed by atoms with van der Waals surface area (Å²) in [5.74, 6) is -0.974. The molecule has 0 saturated heterocycles. The third-order valence-electron chi connectivity index (χ3n) is 2.36. The van der Waals surface area contributed by atoms with E-state index in [0.29, 0.717) is 0 Å². The maximum absolute atomic E-state index is 10.6. The molecule has 0 aliphatic rings. The molecule has 1 heterocycles. The molecule has 0 aliphatic heterocycles. The minimum absolute atomic E-state index is 0.787. The van der Waals surface area contributed by atoms with Crippen LogP contribution in [-0.4, -0.2) is 20.9 Å². The number of carboxylic acids is 1. The van der Waals surface area contributed by atoms with Gasteiger partial charge in [0.1, 0.15) is 0 Å². The minimum atomic E-state index is -0.974. The highest BCUT2D eigenvalue weighted by Gasteiger charge is 2.04. The van der Waals surface area contributed by atoms with E-state index in [9.17, 15) is 4.79 Å². The summed E-state index contributed by atoms with van der Waals surface area (Å²) in [6.45, 7) is 1.90. The smallest absolute Gasteiger partial charge is 0.328 e. The van der Waals surface area contributed by atoms with E-state index in [1.165, 1.54) is 0 Å². The molecule has 0 unspecified atom stereocenters. The quantitative estimate of drug-likeness (QED) is 0.887. The molecule has 0 radical (unpaired) electrons. The number of carbonyl (C=O) groups is 1. The molecule has 0 spiro atoms. The standard InChI is InChI=1S/C13H11BrN2O2/c1-9-6-7-16(15-9)12-4-3-11(14)8-10(12)2-5-13(17)18/h2-8H,1H3,(H,17,18)/b5-2+. The van der Waals surface area contributed by atoms with E-state index >= 15 is 0 Å². The fourth-order valence-corrected chi connectivity index (χ4v) is 1.96. The number of aliphatic carboxylic acids is 1. The second-order valence-electron chi connectivity index (χ2n) is 3.78. The molecule has 0 atom stereocenters. The first kappa shape index (κ1) is 12.6. The Bertz CT molecular complexity index is 617. The van der Waals surface area contributed by atoms with Crippen molar-refractivity contribution in [3.63, 3.8) is 0 Å². The Balaban J connectivity index is 2.50. The maximum Gasteiger partial charge on any atom is 0.328 e. The zero-order valence-corrected chi connectivity index (χ0v) is 11.3. The highest BCUT2D eigenvalue weighted by atomic mass is 79.9. The summed E-state index contributed by atoms with van der Waals surface area (Å²) < 4.78 is 2.61. The van der Waals surface area contributed by atoms with E-state index in [1.54, 1.807) is 10.8 Å². The van der Waals surface area contributed by atoms with Gasteiger partial charge in [0.05, 0.1) is 11.4 Å². The molecule has 4 nitrogen and oxygen atoms in total. The van der Waals surface area contributed by atoms with Gasteiger partial charge in [-0.05, 0) is 37.3 Å². The number of rotatable bonds is 3. The van der Waals surface area contributed by atoms with E-state index < -0.39 is 5.97 Å². The van der Waals surface area contributed by atoms with E-state index in [4.69, 9.17) is 5.11 Å². The van der Waals surface area contributed by atoms with Crippen LogP contribution in [-0.2, 0) is 4.79 Å². The first-order valence-electron chi connectivity index (χ1n) is 5.29. The Hall–Kier alpha value is -1.88. The van der Waals surface area contributed by atoms with Gasteiger partial charge in [0.2, 0.25) is 0 Å². The van der Waals surface area contributed by atoms with Gasteiger partial charge in [0, 0.05) is 22.3 Å². The van der Waals surface area contributed by atoms with Crippen molar-refractivity contribution in [3.05, 3.63) is 52.3 Å². The summed E-state index contributed by atoms with van der Waals surface area (Å²) in [4.78, 5) is 10.6. The Morgan fingerprint density at radius 3 is 2.83 bits per heavy atom. The predicted octanol–water partition coefficient (Wildman–Crippen LogP) is 3.04. The summed E-state index contributed by atoms with van der Waals surface area (Å²) >= 11 is 3.37. The molecule has 0 amide bonds. The van der Waals surface area contributed by atoms with Crippen LogP contribution in [0.4, 0.5) is 0 Å². The maximum atomic E-state index is 10.6. The third kappa shape index (κ3) is 2.87. The van der Waals surface area contributed by atoms with Crippen molar-refractivity contribution >= 4 is 28.0 Å². The average molecular weight is 307 g/mol. The highest BCUT2D eigenvalue weighted by molar-refractivity contribution is 9.10. The fraction of sp³-hybridized carbons (Fsp3) is 0.0769. The molecule has 5 heteroatoms. The van der Waals surface area contributed by atoms with Gasteiger partial charge >= 0.3 is 5.97 Å². The van der Waals surface area contributed by atoms with E-state index in [0.717, 1.165) is 27.5 Å². The van der Waals surface area contributed by atoms with Crippen molar-refractivity contribution in [2.24, 2.45) is 0 Å². The van der Waals surface area contributed by atoms with Crippen LogP contribution in [0, 0.1) is 6.92 Å². The molecule has 1 N–H and O–H groups in total. The van der Waals surface area contributed by atoms with Gasteiger partial charge in [-0.15, -0.1) is 0 Å². The Morgan fingerprint density at radius 2 is 2.22 bits per heavy atom. The van der Waals surface area contributed by atoms with Crippen molar-refractivity contribution < 1.29 is 9.90 Å². The zero-order valence-electron chi connectivity index (χ0n) is 9.67. The lowest BCUT2D eigenvalue weighted by Crippen LogP contribution is -1.98. The first-order valence-corrected chi connectivity index (χ1v) is 6.09. The second kappa shape index (κ2) is 5.18. The van der Waals surface area contributed by atoms with Crippen LogP contribution in [0.15, 0.2) is 41.0 Å². The lowest BCUT2D eigenvalue weighted by Gasteiger charge is -2.06. The van der Waals surface area contributed by atoms with E-state index in [-0.39, 0.29) is 0 Å².